The van der Waals surface area contributed by atoms with Crippen molar-refractivity contribution in [3.05, 3.63) is 158 Å². The molecule has 0 aliphatic heterocycles. The Balaban J connectivity index is 4.16. The molecular weight excluding hydrogens is 1090 g/mol. The van der Waals surface area contributed by atoms with Crippen LogP contribution in [0.4, 0.5) is 0 Å². The van der Waals surface area contributed by atoms with Crippen LogP contribution in [-0.2, 0) is 32.7 Å². The Morgan fingerprint density at radius 3 is 0.965 bits per heavy atom. The summed E-state index contributed by atoms with van der Waals surface area (Å²) < 4.78 is 34.6. The number of esters is 2. The van der Waals surface area contributed by atoms with E-state index in [4.69, 9.17) is 18.5 Å². The molecule has 0 heterocycles. The molecule has 0 bridgehead atoms. The molecule has 2 unspecified atom stereocenters. The fourth-order valence-electron chi connectivity index (χ4n) is 8.89. The number of hydrogen-bond acceptors (Lipinski definition) is 7. The van der Waals surface area contributed by atoms with Crippen LogP contribution < -0.4 is 0 Å². The van der Waals surface area contributed by atoms with Crippen molar-refractivity contribution in [2.24, 2.45) is 0 Å². The minimum Gasteiger partial charge on any atom is -0.462 e. The third kappa shape index (κ3) is 68.7. The van der Waals surface area contributed by atoms with E-state index in [1.165, 1.54) is 116 Å². The molecule has 0 radical (unpaired) electrons. The Labute approximate surface area is 528 Å². The largest absolute Gasteiger partial charge is 0.472 e. The predicted molar refractivity (Wildman–Crippen MR) is 371 cm³/mol. The van der Waals surface area contributed by atoms with Gasteiger partial charge in [0.1, 0.15) is 19.8 Å². The second-order valence-electron chi connectivity index (χ2n) is 23.4. The van der Waals surface area contributed by atoms with Gasteiger partial charge in [-0.05, 0) is 116 Å². The third-order valence-corrected chi connectivity index (χ3v) is 15.0. The summed E-state index contributed by atoms with van der Waals surface area (Å²) in [5.41, 5.74) is 0. The number of carbonyl (C=O) groups is 2. The van der Waals surface area contributed by atoms with Crippen LogP contribution in [-0.4, -0.2) is 74.9 Å². The van der Waals surface area contributed by atoms with Crippen molar-refractivity contribution in [3.63, 3.8) is 0 Å². The number of rotatable bonds is 61. The molecule has 0 rings (SSSR count). The van der Waals surface area contributed by atoms with Gasteiger partial charge in [-0.1, -0.05) is 287 Å². The Morgan fingerprint density at radius 2 is 0.640 bits per heavy atom. The molecule has 0 aromatic rings. The van der Waals surface area contributed by atoms with E-state index in [9.17, 15) is 19.0 Å². The molecule has 9 nitrogen and oxygen atoms in total. The highest BCUT2D eigenvalue weighted by atomic mass is 31.2. The molecule has 0 fully saturated rings. The van der Waals surface area contributed by atoms with Crippen molar-refractivity contribution in [3.8, 4) is 0 Å². The highest BCUT2D eigenvalue weighted by Gasteiger charge is 2.27. The lowest BCUT2D eigenvalue weighted by Crippen LogP contribution is -2.37. The van der Waals surface area contributed by atoms with Gasteiger partial charge in [0, 0.05) is 12.8 Å². The maximum absolute atomic E-state index is 12.8. The standard InChI is InChI=1S/C76H126NO8P/c1-6-8-10-12-14-16-18-20-22-24-26-28-30-32-34-36-37-38-39-41-42-44-46-48-50-52-54-56-58-60-62-64-66-68-75(78)82-72-74(73-84-86(80,81)83-71-70-77(3,4)5)85-76(79)69-67-65-63-61-59-57-55-53-51-49-47-45-43-40-35-33-31-29-27-25-23-21-19-17-15-13-11-9-7-2/h8-11,14-17,20-23,26-29,33,35,43,45,49,51,55,57,61,63,74H,6-7,12-13,18-19,24-25,30-32,34,36-42,44,46-48,50,52-54,56,58-60,62,64-73H2,1-5H3/p+1/b10-8-,11-9-,16-14-,17-15-,22-20-,23-21-,28-26-,29-27-,35-33-,45-43-,51-49-,57-55-,63-61-. The predicted octanol–water partition coefficient (Wildman–Crippen LogP) is 22.4. The lowest BCUT2D eigenvalue weighted by molar-refractivity contribution is -0.870. The van der Waals surface area contributed by atoms with E-state index in [1.54, 1.807) is 0 Å². The number of hydrogen-bond donors (Lipinski definition) is 1. The van der Waals surface area contributed by atoms with E-state index >= 15 is 0 Å². The molecule has 0 spiro atoms. The molecule has 0 aliphatic carbocycles. The van der Waals surface area contributed by atoms with Gasteiger partial charge in [-0.2, -0.15) is 0 Å². The highest BCUT2D eigenvalue weighted by molar-refractivity contribution is 7.47. The summed E-state index contributed by atoms with van der Waals surface area (Å²) in [5, 5.41) is 0. The molecule has 0 aliphatic rings. The molecule has 0 aromatic heterocycles. The second-order valence-corrected chi connectivity index (χ2v) is 24.9. The zero-order valence-electron chi connectivity index (χ0n) is 55.5. The summed E-state index contributed by atoms with van der Waals surface area (Å²) in [4.78, 5) is 35.8. The van der Waals surface area contributed by atoms with E-state index in [2.05, 4.69) is 172 Å². The van der Waals surface area contributed by atoms with Crippen LogP contribution in [0.25, 0.3) is 0 Å². The van der Waals surface area contributed by atoms with Crippen LogP contribution >= 0.6 is 7.82 Å². The number of likely N-dealkylation sites (N-methyl/N-ethyl adjacent to an activating group) is 1. The average molecular weight is 1210 g/mol. The molecule has 0 amide bonds. The molecule has 10 heteroatoms. The van der Waals surface area contributed by atoms with Crippen LogP contribution in [0, 0.1) is 0 Å². The van der Waals surface area contributed by atoms with Crippen molar-refractivity contribution in [2.45, 2.75) is 264 Å². The summed E-state index contributed by atoms with van der Waals surface area (Å²) in [6.07, 6.45) is 97.8. The van der Waals surface area contributed by atoms with Crippen molar-refractivity contribution >= 4 is 19.8 Å². The molecule has 0 aromatic carbocycles. The fourth-order valence-corrected chi connectivity index (χ4v) is 9.63. The minimum atomic E-state index is -4.42. The number of nitrogens with zero attached hydrogens (tertiary/aromatic N) is 1. The van der Waals surface area contributed by atoms with Crippen LogP contribution in [0.5, 0.6) is 0 Å². The Kier molecular flexibility index (Phi) is 61.8. The number of phosphoric acid groups is 1. The fraction of sp³-hybridized carbons (Fsp3) is 0.632. The first-order valence-electron chi connectivity index (χ1n) is 34.2. The maximum Gasteiger partial charge on any atom is 0.472 e. The first-order valence-corrected chi connectivity index (χ1v) is 35.7. The third-order valence-electron chi connectivity index (χ3n) is 14.1. The monoisotopic (exact) mass is 1210 g/mol. The molecule has 488 valence electrons. The number of phosphoric ester groups is 1. The number of allylic oxidation sites excluding steroid dienone is 26. The zero-order valence-corrected chi connectivity index (χ0v) is 56.4. The van der Waals surface area contributed by atoms with Gasteiger partial charge < -0.3 is 18.9 Å². The van der Waals surface area contributed by atoms with Gasteiger partial charge in [-0.3, -0.25) is 18.6 Å². The number of quaternary nitrogens is 1. The summed E-state index contributed by atoms with van der Waals surface area (Å²) >= 11 is 0. The topological polar surface area (TPSA) is 108 Å². The van der Waals surface area contributed by atoms with Crippen LogP contribution in [0.3, 0.4) is 0 Å². The van der Waals surface area contributed by atoms with Crippen molar-refractivity contribution in [1.82, 2.24) is 0 Å². The van der Waals surface area contributed by atoms with Crippen LogP contribution in [0.2, 0.25) is 0 Å². The first kappa shape index (κ1) is 81.6. The van der Waals surface area contributed by atoms with E-state index in [0.29, 0.717) is 23.9 Å². The Hall–Kier alpha value is -4.37. The quantitative estimate of drug-likeness (QED) is 0.0211. The minimum absolute atomic E-state index is 0.0134. The average Bonchev–Trinajstić information content (AvgIpc) is 3.67. The van der Waals surface area contributed by atoms with Crippen LogP contribution in [0.1, 0.15) is 258 Å². The van der Waals surface area contributed by atoms with Crippen LogP contribution in [0.15, 0.2) is 158 Å². The molecule has 0 saturated carbocycles. The van der Waals surface area contributed by atoms with Gasteiger partial charge in [-0.25, -0.2) is 4.57 Å². The van der Waals surface area contributed by atoms with Gasteiger partial charge in [0.05, 0.1) is 27.7 Å². The summed E-state index contributed by atoms with van der Waals surface area (Å²) in [6.45, 7) is 4.14. The van der Waals surface area contributed by atoms with Crippen molar-refractivity contribution in [2.75, 3.05) is 47.5 Å². The molecule has 2 atom stereocenters. The first-order chi connectivity index (χ1) is 42.0. The van der Waals surface area contributed by atoms with E-state index < -0.39 is 26.5 Å². The number of ether oxygens (including phenoxy) is 2. The summed E-state index contributed by atoms with van der Waals surface area (Å²) in [5.74, 6) is -0.871. The van der Waals surface area contributed by atoms with Gasteiger partial charge in [0.2, 0.25) is 0 Å². The molecule has 86 heavy (non-hydrogen) atoms. The van der Waals surface area contributed by atoms with E-state index in [0.717, 1.165) is 103 Å². The number of carbonyl (C=O) groups excluding carboxylic acids is 2. The molecular formula is C76H127NO8P+. The highest BCUT2D eigenvalue weighted by Crippen LogP contribution is 2.43. The Morgan fingerprint density at radius 1 is 0.360 bits per heavy atom. The maximum atomic E-state index is 12.8. The van der Waals surface area contributed by atoms with Crippen molar-refractivity contribution < 1.29 is 42.1 Å². The number of unbranched alkanes of at least 4 members (excludes halogenated alkanes) is 21. The SMILES string of the molecule is CC/C=C\C/C=C\C/C=C\C/C=C\C/C=C\C/C=C\C/C=C\C/C=C\C/C=C\CCCC(=O)OC(COC(=O)CCCCCCCCCCCCCCCCCCCCCC/C=C\C/C=C\C/C=C\C/C=C\CC)COP(=O)(O)OCC[N+](C)(C)C. The van der Waals surface area contributed by atoms with Gasteiger partial charge >= 0.3 is 19.8 Å². The Bertz CT molecular complexity index is 2010. The molecule has 1 N–H and O–H groups in total. The normalized spacial score (nSPS) is 14.2. The van der Waals surface area contributed by atoms with E-state index in [-0.39, 0.29) is 32.0 Å². The second kappa shape index (κ2) is 65.1. The zero-order chi connectivity index (χ0) is 62.6. The molecule has 0 saturated heterocycles. The summed E-state index contributed by atoms with van der Waals surface area (Å²) in [7, 11) is 1.42. The lowest BCUT2D eigenvalue weighted by Gasteiger charge is -2.24. The van der Waals surface area contributed by atoms with E-state index in [1.807, 2.05) is 21.1 Å². The smallest absolute Gasteiger partial charge is 0.462 e. The lowest BCUT2D eigenvalue weighted by atomic mass is 10.0. The summed E-state index contributed by atoms with van der Waals surface area (Å²) in [6, 6.07) is 0. The van der Waals surface area contributed by atoms with Crippen molar-refractivity contribution in [1.29, 1.82) is 0 Å². The van der Waals surface area contributed by atoms with Gasteiger partial charge in [-0.15, -0.1) is 0 Å². The van der Waals surface area contributed by atoms with Gasteiger partial charge in [0.15, 0.2) is 6.10 Å². The van der Waals surface area contributed by atoms with Gasteiger partial charge in [0.25, 0.3) is 0 Å².